The molecule has 0 aromatic heterocycles. The van der Waals surface area contributed by atoms with E-state index in [0.717, 1.165) is 10.7 Å². The molecule has 1 aliphatic heterocycles. The van der Waals surface area contributed by atoms with Crippen molar-refractivity contribution in [3.8, 4) is 0 Å². The van der Waals surface area contributed by atoms with Crippen molar-refractivity contribution in [1.82, 2.24) is 9.03 Å². The molecule has 1 N–H and O–H groups in total. The molecule has 9 heteroatoms. The summed E-state index contributed by atoms with van der Waals surface area (Å²) in [6.45, 7) is 5.20. The predicted molar refractivity (Wildman–Crippen MR) is 74.7 cm³/mol. The molecular formula is C12H22N2O6S. The molecule has 0 saturated carbocycles. The number of carbonyl (C=O) groups excluding carboxylic acids is 2. The van der Waals surface area contributed by atoms with E-state index in [1.165, 1.54) is 0 Å². The second-order valence-electron chi connectivity index (χ2n) is 4.94. The van der Waals surface area contributed by atoms with Crippen molar-refractivity contribution >= 4 is 22.3 Å². The fourth-order valence-corrected chi connectivity index (χ4v) is 3.34. The lowest BCUT2D eigenvalue weighted by Crippen LogP contribution is -2.53. The largest absolute Gasteiger partial charge is 0.465 e. The molecule has 0 aromatic carbocycles. The minimum absolute atomic E-state index is 0.160. The van der Waals surface area contributed by atoms with Crippen molar-refractivity contribution in [2.24, 2.45) is 0 Å². The van der Waals surface area contributed by atoms with Crippen LogP contribution < -0.4 is 4.72 Å². The monoisotopic (exact) mass is 322 g/mol. The van der Waals surface area contributed by atoms with Crippen molar-refractivity contribution < 1.29 is 27.5 Å². The molecule has 1 saturated heterocycles. The molecule has 0 radical (unpaired) electrons. The highest BCUT2D eigenvalue weighted by Crippen LogP contribution is 2.21. The Kier molecular flexibility index (Phi) is 6.41. The zero-order valence-electron chi connectivity index (χ0n) is 12.5. The van der Waals surface area contributed by atoms with Crippen molar-refractivity contribution in [2.45, 2.75) is 52.2 Å². The smallest absolute Gasteiger partial charge is 0.422 e. The average molecular weight is 322 g/mol. The summed E-state index contributed by atoms with van der Waals surface area (Å²) in [5.74, 6) is -0.597. The van der Waals surface area contributed by atoms with Crippen LogP contribution in [0, 0.1) is 0 Å². The first kappa shape index (κ1) is 17.7. The van der Waals surface area contributed by atoms with Gasteiger partial charge in [0, 0.05) is 6.54 Å². The van der Waals surface area contributed by atoms with Crippen LogP contribution in [0.3, 0.4) is 0 Å². The summed E-state index contributed by atoms with van der Waals surface area (Å²) in [5, 5.41) is 0. The number of ether oxygens (including phenoxy) is 2. The molecule has 0 aliphatic carbocycles. The summed E-state index contributed by atoms with van der Waals surface area (Å²) in [5.41, 5.74) is 0. The maximum Gasteiger partial charge on any atom is 0.422 e. The second kappa shape index (κ2) is 7.60. The number of rotatable bonds is 5. The third-order valence-electron chi connectivity index (χ3n) is 2.88. The Morgan fingerprint density at radius 1 is 1.33 bits per heavy atom. The topological polar surface area (TPSA) is 102 Å². The molecule has 0 bridgehead atoms. The number of hydrogen-bond donors (Lipinski definition) is 1. The number of esters is 1. The molecule has 1 heterocycles. The zero-order valence-corrected chi connectivity index (χ0v) is 13.3. The van der Waals surface area contributed by atoms with E-state index in [2.05, 4.69) is 0 Å². The van der Waals surface area contributed by atoms with Crippen LogP contribution in [0.25, 0.3) is 0 Å². The first-order chi connectivity index (χ1) is 9.77. The Balaban J connectivity index is 2.82. The zero-order chi connectivity index (χ0) is 16.0. The van der Waals surface area contributed by atoms with Crippen LogP contribution in [0.15, 0.2) is 0 Å². The molecule has 0 spiro atoms. The molecule has 1 rings (SSSR count). The molecule has 21 heavy (non-hydrogen) atoms. The maximum atomic E-state index is 12.2. The van der Waals surface area contributed by atoms with Gasteiger partial charge in [-0.3, -0.25) is 4.79 Å². The van der Waals surface area contributed by atoms with Crippen LogP contribution >= 0.6 is 0 Å². The molecule has 1 atom stereocenters. The minimum Gasteiger partial charge on any atom is -0.465 e. The third kappa shape index (κ3) is 5.16. The van der Waals surface area contributed by atoms with Gasteiger partial charge in [0.15, 0.2) is 0 Å². The van der Waals surface area contributed by atoms with Crippen LogP contribution in [-0.4, -0.2) is 50.1 Å². The van der Waals surface area contributed by atoms with Crippen molar-refractivity contribution in [2.75, 3.05) is 13.2 Å². The molecule has 0 aromatic rings. The van der Waals surface area contributed by atoms with E-state index in [0.29, 0.717) is 12.8 Å². The Morgan fingerprint density at radius 2 is 2.00 bits per heavy atom. The van der Waals surface area contributed by atoms with Gasteiger partial charge in [0.2, 0.25) is 0 Å². The Hall–Kier alpha value is -1.35. The summed E-state index contributed by atoms with van der Waals surface area (Å²) >= 11 is 0. The van der Waals surface area contributed by atoms with E-state index >= 15 is 0 Å². The Morgan fingerprint density at radius 3 is 2.57 bits per heavy atom. The standard InChI is InChI=1S/C12H22N2O6S/c1-4-19-11(15)10-7-5-6-8-14(10)21(17,18)13-12(16)20-9(2)3/h9-10H,4-8H2,1-3H3,(H,13,16). The number of piperidine rings is 1. The molecular weight excluding hydrogens is 300 g/mol. The van der Waals surface area contributed by atoms with E-state index in [1.807, 2.05) is 4.72 Å². The number of hydrogen-bond acceptors (Lipinski definition) is 6. The van der Waals surface area contributed by atoms with Gasteiger partial charge in [-0.25, -0.2) is 9.52 Å². The van der Waals surface area contributed by atoms with Crippen LogP contribution in [-0.2, 0) is 24.5 Å². The van der Waals surface area contributed by atoms with Crippen LogP contribution in [0.4, 0.5) is 4.79 Å². The molecule has 8 nitrogen and oxygen atoms in total. The molecule has 1 amide bonds. The summed E-state index contributed by atoms with van der Waals surface area (Å²) in [4.78, 5) is 23.3. The van der Waals surface area contributed by atoms with Crippen molar-refractivity contribution in [1.29, 1.82) is 0 Å². The van der Waals surface area contributed by atoms with Gasteiger partial charge in [-0.05, 0) is 40.0 Å². The van der Waals surface area contributed by atoms with Crippen LogP contribution in [0.2, 0.25) is 0 Å². The second-order valence-corrected chi connectivity index (χ2v) is 6.56. The first-order valence-electron chi connectivity index (χ1n) is 6.94. The number of nitrogens with one attached hydrogen (secondary N) is 1. The van der Waals surface area contributed by atoms with Crippen LogP contribution in [0.1, 0.15) is 40.0 Å². The van der Waals surface area contributed by atoms with E-state index < -0.39 is 34.4 Å². The van der Waals surface area contributed by atoms with Crippen LogP contribution in [0.5, 0.6) is 0 Å². The minimum atomic E-state index is -4.13. The highest BCUT2D eigenvalue weighted by atomic mass is 32.2. The SMILES string of the molecule is CCOC(=O)C1CCCCN1S(=O)(=O)NC(=O)OC(C)C. The highest BCUT2D eigenvalue weighted by molar-refractivity contribution is 7.87. The lowest BCUT2D eigenvalue weighted by molar-refractivity contribution is -0.148. The summed E-state index contributed by atoms with van der Waals surface area (Å²) < 4.78 is 36.8. The molecule has 1 aliphatic rings. The predicted octanol–water partition coefficient (Wildman–Crippen LogP) is 0.783. The normalized spacial score (nSPS) is 20.1. The highest BCUT2D eigenvalue weighted by Gasteiger charge is 2.38. The molecule has 122 valence electrons. The quantitative estimate of drug-likeness (QED) is 0.751. The van der Waals surface area contributed by atoms with Gasteiger partial charge in [-0.1, -0.05) is 0 Å². The summed E-state index contributed by atoms with van der Waals surface area (Å²) in [6, 6.07) is -0.900. The fourth-order valence-electron chi connectivity index (χ4n) is 2.07. The maximum absolute atomic E-state index is 12.2. The van der Waals surface area contributed by atoms with Gasteiger partial charge in [0.1, 0.15) is 6.04 Å². The van der Waals surface area contributed by atoms with E-state index in [9.17, 15) is 18.0 Å². The summed E-state index contributed by atoms with van der Waals surface area (Å²) in [6.07, 6.45) is 0.224. The van der Waals surface area contributed by atoms with Gasteiger partial charge in [-0.2, -0.15) is 12.7 Å². The number of carbonyl (C=O) groups is 2. The van der Waals surface area contributed by atoms with Crippen molar-refractivity contribution in [3.63, 3.8) is 0 Å². The molecule has 1 unspecified atom stereocenters. The van der Waals surface area contributed by atoms with Gasteiger partial charge < -0.3 is 9.47 Å². The van der Waals surface area contributed by atoms with Gasteiger partial charge in [0.25, 0.3) is 0 Å². The third-order valence-corrected chi connectivity index (χ3v) is 4.36. The molecule has 1 fully saturated rings. The van der Waals surface area contributed by atoms with Gasteiger partial charge >= 0.3 is 22.3 Å². The Bertz CT molecular complexity index is 476. The fraction of sp³-hybridized carbons (Fsp3) is 0.833. The number of amides is 1. The first-order valence-corrected chi connectivity index (χ1v) is 8.38. The lowest BCUT2D eigenvalue weighted by atomic mass is 10.1. The van der Waals surface area contributed by atoms with Gasteiger partial charge in [0.05, 0.1) is 12.7 Å². The average Bonchev–Trinajstić information content (AvgIpc) is 2.37. The Labute approximate surface area is 125 Å². The van der Waals surface area contributed by atoms with Gasteiger partial charge in [-0.15, -0.1) is 0 Å². The lowest BCUT2D eigenvalue weighted by Gasteiger charge is -2.32. The van der Waals surface area contributed by atoms with Crippen molar-refractivity contribution in [3.05, 3.63) is 0 Å². The van der Waals surface area contributed by atoms with E-state index in [1.54, 1.807) is 20.8 Å². The van der Waals surface area contributed by atoms with E-state index in [4.69, 9.17) is 9.47 Å². The summed E-state index contributed by atoms with van der Waals surface area (Å²) in [7, 11) is -4.13. The van der Waals surface area contributed by atoms with E-state index in [-0.39, 0.29) is 13.2 Å². The number of nitrogens with zero attached hydrogens (tertiary/aromatic N) is 1.